The molecule has 0 bridgehead atoms. The van der Waals surface area contributed by atoms with Crippen LogP contribution < -0.4 is 10.6 Å². The van der Waals surface area contributed by atoms with E-state index in [2.05, 4.69) is 15.6 Å². The molecule has 0 aliphatic heterocycles. The lowest BCUT2D eigenvalue weighted by molar-refractivity contribution is -0.117. The van der Waals surface area contributed by atoms with Crippen LogP contribution in [0.3, 0.4) is 0 Å². The molecule has 0 aliphatic carbocycles. The summed E-state index contributed by atoms with van der Waals surface area (Å²) in [7, 11) is 0. The van der Waals surface area contributed by atoms with Crippen molar-refractivity contribution in [2.24, 2.45) is 0 Å². The molecule has 0 saturated carbocycles. The van der Waals surface area contributed by atoms with E-state index in [1.54, 1.807) is 6.20 Å². The van der Waals surface area contributed by atoms with Crippen molar-refractivity contribution in [1.82, 2.24) is 10.3 Å². The van der Waals surface area contributed by atoms with Gasteiger partial charge in [0.05, 0.1) is 11.3 Å². The maximum absolute atomic E-state index is 12.1. The van der Waals surface area contributed by atoms with Crippen molar-refractivity contribution in [3.8, 4) is 0 Å². The van der Waals surface area contributed by atoms with E-state index < -0.39 is 6.03 Å². The molecule has 3 amide bonds. The largest absolute Gasteiger partial charge is 0.325 e. The minimum absolute atomic E-state index is 0.147. The van der Waals surface area contributed by atoms with Crippen LogP contribution in [-0.2, 0) is 4.79 Å². The van der Waals surface area contributed by atoms with Crippen molar-refractivity contribution in [2.45, 2.75) is 18.7 Å². The highest BCUT2D eigenvalue weighted by Gasteiger charge is 2.11. The molecule has 26 heavy (non-hydrogen) atoms. The molecule has 0 radical (unpaired) electrons. The molecule has 2 aromatic carbocycles. The maximum Gasteiger partial charge on any atom is 0.325 e. The second-order valence-corrected chi connectivity index (χ2v) is 6.95. The number of imide groups is 1. The van der Waals surface area contributed by atoms with E-state index in [0.29, 0.717) is 5.69 Å². The Balaban J connectivity index is 1.57. The van der Waals surface area contributed by atoms with Gasteiger partial charge in [-0.3, -0.25) is 15.1 Å². The number of hydrogen-bond donors (Lipinski definition) is 2. The first kappa shape index (κ1) is 17.9. The molecule has 0 spiro atoms. The van der Waals surface area contributed by atoms with Crippen LogP contribution in [0.4, 0.5) is 10.5 Å². The number of carbonyl (C=O) groups is 2. The molecular weight excluding hydrogens is 346 g/mol. The van der Waals surface area contributed by atoms with Crippen LogP contribution in [0.25, 0.3) is 10.9 Å². The third-order valence-corrected chi connectivity index (χ3v) is 4.92. The van der Waals surface area contributed by atoms with Crippen molar-refractivity contribution in [3.63, 3.8) is 0 Å². The normalized spacial score (nSPS) is 10.5. The van der Waals surface area contributed by atoms with Gasteiger partial charge in [0.2, 0.25) is 5.91 Å². The maximum atomic E-state index is 12.1. The average Bonchev–Trinajstić information content (AvgIpc) is 2.62. The Bertz CT molecular complexity index is 967. The smallest absolute Gasteiger partial charge is 0.307 e. The molecule has 0 fully saturated rings. The number of fused-ring (bicyclic) bond motifs is 1. The highest BCUT2D eigenvalue weighted by Crippen LogP contribution is 2.26. The van der Waals surface area contributed by atoms with Crippen molar-refractivity contribution in [2.75, 3.05) is 11.1 Å². The highest BCUT2D eigenvalue weighted by atomic mass is 32.2. The number of thioether (sulfide) groups is 1. The van der Waals surface area contributed by atoms with Gasteiger partial charge in [-0.25, -0.2) is 4.79 Å². The third kappa shape index (κ3) is 4.40. The van der Waals surface area contributed by atoms with Crippen LogP contribution >= 0.6 is 11.8 Å². The van der Waals surface area contributed by atoms with E-state index in [-0.39, 0.29) is 11.7 Å². The van der Waals surface area contributed by atoms with Gasteiger partial charge in [-0.1, -0.05) is 35.9 Å². The average molecular weight is 365 g/mol. The monoisotopic (exact) mass is 365 g/mol. The van der Waals surface area contributed by atoms with E-state index in [4.69, 9.17) is 0 Å². The number of carbonyl (C=O) groups excluding carboxylic acids is 2. The number of amides is 3. The fraction of sp³-hybridized carbons (Fsp3) is 0.150. The molecule has 5 nitrogen and oxygen atoms in total. The summed E-state index contributed by atoms with van der Waals surface area (Å²) in [5, 5.41) is 6.06. The van der Waals surface area contributed by atoms with E-state index in [1.165, 1.54) is 11.8 Å². The van der Waals surface area contributed by atoms with E-state index in [1.807, 2.05) is 62.4 Å². The SMILES string of the molecule is Cc1ccc(NC(=O)NC(=O)CSc2ccnc3ccccc23)c(C)c1. The Morgan fingerprint density at radius 1 is 1.08 bits per heavy atom. The molecule has 0 saturated heterocycles. The lowest BCUT2D eigenvalue weighted by Crippen LogP contribution is -2.35. The van der Waals surface area contributed by atoms with E-state index in [9.17, 15) is 9.59 Å². The Hall–Kier alpha value is -2.86. The number of aromatic nitrogens is 1. The molecule has 1 heterocycles. The predicted octanol–water partition coefficient (Wildman–Crippen LogP) is 4.29. The Morgan fingerprint density at radius 3 is 2.69 bits per heavy atom. The number of aryl methyl sites for hydroxylation is 2. The third-order valence-electron chi connectivity index (χ3n) is 3.85. The zero-order valence-electron chi connectivity index (χ0n) is 14.6. The topological polar surface area (TPSA) is 71.1 Å². The number of para-hydroxylation sites is 1. The molecule has 3 aromatic rings. The number of hydrogen-bond acceptors (Lipinski definition) is 4. The zero-order chi connectivity index (χ0) is 18.5. The molecule has 2 N–H and O–H groups in total. The van der Waals surface area contributed by atoms with Gasteiger partial charge in [0.1, 0.15) is 0 Å². The van der Waals surface area contributed by atoms with Crippen LogP contribution in [-0.4, -0.2) is 22.7 Å². The van der Waals surface area contributed by atoms with Crippen LogP contribution in [0.2, 0.25) is 0 Å². The van der Waals surface area contributed by atoms with Crippen molar-refractivity contribution < 1.29 is 9.59 Å². The summed E-state index contributed by atoms with van der Waals surface area (Å²) < 4.78 is 0. The van der Waals surface area contributed by atoms with E-state index >= 15 is 0 Å². The van der Waals surface area contributed by atoms with Gasteiger partial charge < -0.3 is 5.32 Å². The van der Waals surface area contributed by atoms with Crippen LogP contribution in [0.15, 0.2) is 59.6 Å². The van der Waals surface area contributed by atoms with Gasteiger partial charge >= 0.3 is 6.03 Å². The first-order chi connectivity index (χ1) is 12.5. The molecule has 3 rings (SSSR count). The minimum atomic E-state index is -0.526. The highest BCUT2D eigenvalue weighted by molar-refractivity contribution is 8.00. The van der Waals surface area contributed by atoms with Gasteiger partial charge in [-0.15, -0.1) is 11.8 Å². The van der Waals surface area contributed by atoms with Crippen LogP contribution in [0.1, 0.15) is 11.1 Å². The quantitative estimate of drug-likeness (QED) is 0.677. The number of pyridine rings is 1. The fourth-order valence-corrected chi connectivity index (χ4v) is 3.45. The predicted molar refractivity (Wildman–Crippen MR) is 106 cm³/mol. The second kappa shape index (κ2) is 8.01. The van der Waals surface area contributed by atoms with Gasteiger partial charge in [0.15, 0.2) is 0 Å². The number of urea groups is 1. The fourth-order valence-electron chi connectivity index (χ4n) is 2.61. The van der Waals surface area contributed by atoms with Crippen LogP contribution in [0, 0.1) is 13.8 Å². The van der Waals surface area contributed by atoms with Gasteiger partial charge in [0.25, 0.3) is 0 Å². The number of rotatable bonds is 4. The minimum Gasteiger partial charge on any atom is -0.307 e. The van der Waals surface area contributed by atoms with Gasteiger partial charge in [0, 0.05) is 22.2 Å². The second-order valence-electron chi connectivity index (χ2n) is 5.94. The number of nitrogens with zero attached hydrogens (tertiary/aromatic N) is 1. The summed E-state index contributed by atoms with van der Waals surface area (Å²) in [6, 6.07) is 14.8. The Kier molecular flexibility index (Phi) is 5.53. The first-order valence-electron chi connectivity index (χ1n) is 8.17. The molecule has 6 heteroatoms. The zero-order valence-corrected chi connectivity index (χ0v) is 15.4. The molecular formula is C20H19N3O2S. The molecule has 1 aromatic heterocycles. The number of benzene rings is 2. The first-order valence-corrected chi connectivity index (χ1v) is 9.16. The number of nitrogens with one attached hydrogen (secondary N) is 2. The Morgan fingerprint density at radius 2 is 1.88 bits per heavy atom. The summed E-state index contributed by atoms with van der Waals surface area (Å²) >= 11 is 1.38. The van der Waals surface area contributed by atoms with Crippen molar-refractivity contribution in [1.29, 1.82) is 0 Å². The number of anilines is 1. The van der Waals surface area contributed by atoms with Gasteiger partial charge in [-0.05, 0) is 37.6 Å². The Labute approximate surface area is 156 Å². The van der Waals surface area contributed by atoms with E-state index in [0.717, 1.165) is 26.9 Å². The summed E-state index contributed by atoms with van der Waals surface area (Å²) in [4.78, 5) is 29.4. The lowest BCUT2D eigenvalue weighted by Gasteiger charge is -2.10. The molecule has 0 unspecified atom stereocenters. The lowest BCUT2D eigenvalue weighted by atomic mass is 10.1. The standard InChI is InChI=1S/C20H19N3O2S/c1-13-7-8-16(14(2)11-13)22-20(25)23-19(24)12-26-18-9-10-21-17-6-4-3-5-15(17)18/h3-11H,12H2,1-2H3,(H2,22,23,24,25). The van der Waals surface area contributed by atoms with Gasteiger partial charge in [-0.2, -0.15) is 0 Å². The molecule has 132 valence electrons. The molecule has 0 aliphatic rings. The summed E-state index contributed by atoms with van der Waals surface area (Å²) in [5.74, 6) is -0.202. The summed E-state index contributed by atoms with van der Waals surface area (Å²) in [5.41, 5.74) is 3.63. The summed E-state index contributed by atoms with van der Waals surface area (Å²) in [6.07, 6.45) is 1.72. The summed E-state index contributed by atoms with van der Waals surface area (Å²) in [6.45, 7) is 3.90. The molecule has 0 atom stereocenters. The van der Waals surface area contributed by atoms with Crippen molar-refractivity contribution >= 4 is 40.3 Å². The van der Waals surface area contributed by atoms with Crippen LogP contribution in [0.5, 0.6) is 0 Å². The van der Waals surface area contributed by atoms with Crippen molar-refractivity contribution in [3.05, 3.63) is 65.9 Å².